The zero-order valence-corrected chi connectivity index (χ0v) is 13.1. The zero-order chi connectivity index (χ0) is 17.3. The molecule has 0 atom stereocenters. The minimum Gasteiger partial charge on any atom is -0.508 e. The predicted molar refractivity (Wildman–Crippen MR) is 91.3 cm³/mol. The summed E-state index contributed by atoms with van der Waals surface area (Å²) in [5, 5.41) is 19.8. The molecule has 1 aliphatic heterocycles. The molecule has 126 valence electrons. The molecule has 7 nitrogen and oxygen atoms in total. The lowest BCUT2D eigenvalue weighted by atomic mass is 10.1. The number of carbonyl (C=O) groups is 1. The molecule has 2 amide bonds. The van der Waals surface area contributed by atoms with Crippen LogP contribution in [0.15, 0.2) is 36.4 Å². The van der Waals surface area contributed by atoms with Gasteiger partial charge in [0, 0.05) is 35.6 Å². The number of anilines is 2. The SMILES string of the molecule is Nc1ccc(O)c(CN2CCN(Cc3cc(N)ccc3O)C2=O)c1. The Balaban J connectivity index is 1.71. The highest BCUT2D eigenvalue weighted by Crippen LogP contribution is 2.26. The van der Waals surface area contributed by atoms with Crippen LogP contribution in [0.25, 0.3) is 0 Å². The third-order valence-corrected chi connectivity index (χ3v) is 4.11. The molecule has 24 heavy (non-hydrogen) atoms. The van der Waals surface area contributed by atoms with Gasteiger partial charge in [-0.25, -0.2) is 4.79 Å². The van der Waals surface area contributed by atoms with Crippen molar-refractivity contribution in [3.8, 4) is 11.5 Å². The van der Waals surface area contributed by atoms with Gasteiger partial charge in [0.2, 0.25) is 0 Å². The molecule has 3 rings (SSSR count). The molecule has 1 heterocycles. The normalized spacial score (nSPS) is 14.4. The van der Waals surface area contributed by atoms with Gasteiger partial charge < -0.3 is 31.5 Å². The number of nitrogens with zero attached hydrogens (tertiary/aromatic N) is 2. The molecule has 1 aliphatic rings. The number of urea groups is 1. The summed E-state index contributed by atoms with van der Waals surface area (Å²) in [5.41, 5.74) is 13.8. The van der Waals surface area contributed by atoms with Crippen LogP contribution in [0.5, 0.6) is 11.5 Å². The Morgan fingerprint density at radius 1 is 0.833 bits per heavy atom. The van der Waals surface area contributed by atoms with E-state index in [1.54, 1.807) is 34.1 Å². The summed E-state index contributed by atoms with van der Waals surface area (Å²) in [5.74, 6) is 0.229. The second kappa shape index (κ2) is 6.19. The molecule has 2 aromatic carbocycles. The van der Waals surface area contributed by atoms with Crippen molar-refractivity contribution < 1.29 is 15.0 Å². The van der Waals surface area contributed by atoms with Gasteiger partial charge in [0.05, 0.1) is 13.1 Å². The highest BCUT2D eigenvalue weighted by Gasteiger charge is 2.29. The summed E-state index contributed by atoms with van der Waals surface area (Å²) in [7, 11) is 0. The van der Waals surface area contributed by atoms with Crippen LogP contribution < -0.4 is 11.5 Å². The monoisotopic (exact) mass is 328 g/mol. The number of carbonyl (C=O) groups excluding carboxylic acids is 1. The average molecular weight is 328 g/mol. The van der Waals surface area contributed by atoms with Crippen molar-refractivity contribution >= 4 is 17.4 Å². The van der Waals surface area contributed by atoms with Crippen LogP contribution >= 0.6 is 0 Å². The Labute approximate surface area is 139 Å². The van der Waals surface area contributed by atoms with E-state index < -0.39 is 0 Å². The quantitative estimate of drug-likeness (QED) is 0.503. The van der Waals surface area contributed by atoms with Crippen LogP contribution in [0, 0.1) is 0 Å². The molecule has 0 unspecified atom stereocenters. The summed E-state index contributed by atoms with van der Waals surface area (Å²) >= 11 is 0. The van der Waals surface area contributed by atoms with Gasteiger partial charge in [-0.05, 0) is 36.4 Å². The minimum absolute atomic E-state index is 0.115. The molecule has 0 spiro atoms. The van der Waals surface area contributed by atoms with Crippen molar-refractivity contribution in [1.82, 2.24) is 9.80 Å². The van der Waals surface area contributed by atoms with E-state index in [9.17, 15) is 15.0 Å². The van der Waals surface area contributed by atoms with Gasteiger partial charge in [0.1, 0.15) is 11.5 Å². The maximum Gasteiger partial charge on any atom is 0.320 e. The predicted octanol–water partition coefficient (Wildman–Crippen LogP) is 1.70. The Hall–Kier alpha value is -3.09. The third kappa shape index (κ3) is 3.15. The Kier molecular flexibility index (Phi) is 4.07. The molecule has 0 radical (unpaired) electrons. The molecule has 0 aromatic heterocycles. The Bertz CT molecular complexity index is 715. The second-order valence-electron chi connectivity index (χ2n) is 5.90. The van der Waals surface area contributed by atoms with Gasteiger partial charge in [-0.3, -0.25) is 0 Å². The molecular weight excluding hydrogens is 308 g/mol. The van der Waals surface area contributed by atoms with E-state index in [1.807, 2.05) is 0 Å². The Morgan fingerprint density at radius 3 is 1.67 bits per heavy atom. The molecule has 0 aliphatic carbocycles. The van der Waals surface area contributed by atoms with Crippen molar-refractivity contribution in [2.24, 2.45) is 0 Å². The van der Waals surface area contributed by atoms with Crippen molar-refractivity contribution in [3.05, 3.63) is 47.5 Å². The van der Waals surface area contributed by atoms with Gasteiger partial charge in [0.25, 0.3) is 0 Å². The average Bonchev–Trinajstić information content (AvgIpc) is 2.88. The smallest absolute Gasteiger partial charge is 0.320 e. The van der Waals surface area contributed by atoms with E-state index in [2.05, 4.69) is 0 Å². The highest BCUT2D eigenvalue weighted by molar-refractivity contribution is 5.77. The number of nitrogens with two attached hydrogens (primary N) is 2. The maximum atomic E-state index is 12.5. The number of hydrogen-bond acceptors (Lipinski definition) is 5. The third-order valence-electron chi connectivity index (χ3n) is 4.11. The first kappa shape index (κ1) is 15.8. The van der Waals surface area contributed by atoms with Crippen molar-refractivity contribution in [3.63, 3.8) is 0 Å². The zero-order valence-electron chi connectivity index (χ0n) is 13.1. The molecule has 7 heteroatoms. The molecule has 6 N–H and O–H groups in total. The van der Waals surface area contributed by atoms with Crippen LogP contribution in [0.2, 0.25) is 0 Å². The van der Waals surface area contributed by atoms with Crippen LogP contribution in [-0.2, 0) is 13.1 Å². The maximum absolute atomic E-state index is 12.5. The minimum atomic E-state index is -0.154. The number of phenols is 2. The van der Waals surface area contributed by atoms with Crippen molar-refractivity contribution in [2.75, 3.05) is 24.6 Å². The number of nitrogen functional groups attached to an aromatic ring is 2. The molecule has 1 fully saturated rings. The molecule has 1 saturated heterocycles. The van der Waals surface area contributed by atoms with Crippen molar-refractivity contribution in [1.29, 1.82) is 0 Å². The van der Waals surface area contributed by atoms with Gasteiger partial charge in [-0.2, -0.15) is 0 Å². The topological polar surface area (TPSA) is 116 Å². The lowest BCUT2D eigenvalue weighted by Gasteiger charge is -2.20. The van der Waals surface area contributed by atoms with E-state index in [0.717, 1.165) is 0 Å². The summed E-state index contributed by atoms with van der Waals surface area (Å²) in [6, 6.07) is 9.43. The van der Waals surface area contributed by atoms with Crippen LogP contribution in [0.4, 0.5) is 16.2 Å². The van der Waals surface area contributed by atoms with Crippen LogP contribution in [0.1, 0.15) is 11.1 Å². The van der Waals surface area contributed by atoms with Gasteiger partial charge in [0.15, 0.2) is 0 Å². The fourth-order valence-corrected chi connectivity index (χ4v) is 2.80. The van der Waals surface area contributed by atoms with Crippen molar-refractivity contribution in [2.45, 2.75) is 13.1 Å². The number of aromatic hydroxyl groups is 2. The van der Waals surface area contributed by atoms with E-state index in [-0.39, 0.29) is 30.6 Å². The van der Waals surface area contributed by atoms with E-state index >= 15 is 0 Å². The van der Waals surface area contributed by atoms with Crippen LogP contribution in [0.3, 0.4) is 0 Å². The first-order valence-electron chi connectivity index (χ1n) is 7.62. The first-order valence-corrected chi connectivity index (χ1v) is 7.62. The summed E-state index contributed by atoms with van der Waals surface area (Å²) in [4.78, 5) is 15.8. The molecule has 0 bridgehead atoms. The van der Waals surface area contributed by atoms with E-state index in [0.29, 0.717) is 35.6 Å². The second-order valence-corrected chi connectivity index (χ2v) is 5.90. The number of rotatable bonds is 4. The summed E-state index contributed by atoms with van der Waals surface area (Å²) in [6.45, 7) is 1.65. The highest BCUT2D eigenvalue weighted by atomic mass is 16.3. The molecular formula is C17H20N4O3. The standard InChI is InChI=1S/C17H20N4O3/c18-13-1-3-15(22)11(7-13)9-20-5-6-21(17(20)24)10-12-8-14(19)2-4-16(12)23/h1-4,7-8,22-23H,5-6,9-10,18-19H2. The van der Waals surface area contributed by atoms with Gasteiger partial charge in [-0.1, -0.05) is 0 Å². The Morgan fingerprint density at radius 2 is 1.25 bits per heavy atom. The summed E-state index contributed by atoms with van der Waals surface area (Å²) in [6.07, 6.45) is 0. The fourth-order valence-electron chi connectivity index (χ4n) is 2.80. The number of amides is 2. The van der Waals surface area contributed by atoms with Crippen LogP contribution in [-0.4, -0.2) is 39.1 Å². The summed E-state index contributed by atoms with van der Waals surface area (Å²) < 4.78 is 0. The largest absolute Gasteiger partial charge is 0.508 e. The van der Waals surface area contributed by atoms with Gasteiger partial charge >= 0.3 is 6.03 Å². The molecule has 2 aromatic rings. The number of benzene rings is 2. The number of hydrogen-bond donors (Lipinski definition) is 4. The lowest BCUT2D eigenvalue weighted by Crippen LogP contribution is -2.31. The number of phenolic OH excluding ortho intramolecular Hbond substituents is 2. The fraction of sp³-hybridized carbons (Fsp3) is 0.235. The van der Waals surface area contributed by atoms with Gasteiger partial charge in [-0.15, -0.1) is 0 Å². The molecule has 0 saturated carbocycles. The lowest BCUT2D eigenvalue weighted by molar-refractivity contribution is 0.188. The van der Waals surface area contributed by atoms with E-state index in [4.69, 9.17) is 11.5 Å². The first-order chi connectivity index (χ1) is 11.4. The van der Waals surface area contributed by atoms with E-state index in [1.165, 1.54) is 12.1 Å².